The van der Waals surface area contributed by atoms with Crippen LogP contribution in [0.15, 0.2) is 27.6 Å². The molecule has 0 heterocycles. The van der Waals surface area contributed by atoms with Crippen molar-refractivity contribution in [3.05, 3.63) is 28.2 Å². The lowest BCUT2D eigenvalue weighted by atomic mass is 10.1. The molecular weight excluding hydrogens is 314 g/mol. The highest BCUT2D eigenvalue weighted by Crippen LogP contribution is 2.27. The van der Waals surface area contributed by atoms with Crippen LogP contribution in [0.2, 0.25) is 0 Å². The topological polar surface area (TPSA) is 46.2 Å². The molecule has 1 aromatic carbocycles. The summed E-state index contributed by atoms with van der Waals surface area (Å²) in [4.78, 5) is 0.371. The van der Waals surface area contributed by atoms with Crippen molar-refractivity contribution >= 4 is 26.0 Å². The molecule has 1 fully saturated rings. The molecule has 2 unspecified atom stereocenters. The van der Waals surface area contributed by atoms with Gasteiger partial charge in [-0.2, -0.15) is 0 Å². The molecule has 1 N–H and O–H groups in total. The van der Waals surface area contributed by atoms with Crippen LogP contribution in [0.1, 0.15) is 31.7 Å². The normalized spacial score (nSPS) is 24.4. The predicted octanol–water partition coefficient (Wildman–Crippen LogP) is 3.22. The molecule has 0 spiro atoms. The third kappa shape index (κ3) is 2.95. The van der Waals surface area contributed by atoms with Crippen molar-refractivity contribution < 1.29 is 8.42 Å². The largest absolute Gasteiger partial charge is 0.241 e. The summed E-state index contributed by atoms with van der Waals surface area (Å²) in [6, 6.07) is 5.41. The Morgan fingerprint density at radius 3 is 2.67 bits per heavy atom. The summed E-state index contributed by atoms with van der Waals surface area (Å²) in [6.07, 6.45) is 3.14. The molecule has 1 aliphatic carbocycles. The lowest BCUT2D eigenvalue weighted by molar-refractivity contribution is 0.476. The van der Waals surface area contributed by atoms with Gasteiger partial charge < -0.3 is 0 Å². The SMILES string of the molecule is Cc1ccc(Br)cc1S(=O)(=O)NC1CCCC1C. The molecule has 0 bridgehead atoms. The molecule has 0 aliphatic heterocycles. The van der Waals surface area contributed by atoms with Gasteiger partial charge in [0.05, 0.1) is 4.90 Å². The smallest absolute Gasteiger partial charge is 0.208 e. The van der Waals surface area contributed by atoms with E-state index < -0.39 is 10.0 Å². The van der Waals surface area contributed by atoms with Crippen LogP contribution < -0.4 is 4.72 Å². The van der Waals surface area contributed by atoms with Crippen LogP contribution in [-0.2, 0) is 10.0 Å². The lowest BCUT2D eigenvalue weighted by Crippen LogP contribution is -2.36. The standard InChI is InChI=1S/C13H18BrNO2S/c1-9-4-3-5-12(9)15-18(16,17)13-8-11(14)7-6-10(13)2/h6-9,12,15H,3-5H2,1-2H3. The van der Waals surface area contributed by atoms with E-state index in [1.807, 2.05) is 19.1 Å². The molecule has 0 saturated heterocycles. The van der Waals surface area contributed by atoms with Crippen LogP contribution in [-0.4, -0.2) is 14.5 Å². The second-order valence-corrected chi connectivity index (χ2v) is 7.64. The highest BCUT2D eigenvalue weighted by Gasteiger charge is 2.29. The fraction of sp³-hybridized carbons (Fsp3) is 0.538. The van der Waals surface area contributed by atoms with Gasteiger partial charge in [-0.3, -0.25) is 0 Å². The van der Waals surface area contributed by atoms with Gasteiger partial charge in [-0.05, 0) is 43.4 Å². The second kappa shape index (κ2) is 5.31. The molecule has 0 aromatic heterocycles. The average molecular weight is 332 g/mol. The number of rotatable bonds is 3. The van der Waals surface area contributed by atoms with Gasteiger partial charge in [-0.1, -0.05) is 35.3 Å². The lowest BCUT2D eigenvalue weighted by Gasteiger charge is -2.18. The molecule has 3 nitrogen and oxygen atoms in total. The summed E-state index contributed by atoms with van der Waals surface area (Å²) in [5.41, 5.74) is 0.774. The van der Waals surface area contributed by atoms with E-state index in [0.717, 1.165) is 29.3 Å². The Bertz CT molecular complexity index is 542. The highest BCUT2D eigenvalue weighted by atomic mass is 79.9. The van der Waals surface area contributed by atoms with Gasteiger partial charge in [0.25, 0.3) is 0 Å². The summed E-state index contributed by atoms with van der Waals surface area (Å²) < 4.78 is 28.4. The number of halogens is 1. The summed E-state index contributed by atoms with van der Waals surface area (Å²) in [5.74, 6) is 0.423. The first kappa shape index (κ1) is 14.0. The van der Waals surface area contributed by atoms with Crippen molar-refractivity contribution in [2.24, 2.45) is 5.92 Å². The first-order valence-corrected chi connectivity index (χ1v) is 8.46. The molecule has 18 heavy (non-hydrogen) atoms. The molecule has 5 heteroatoms. The van der Waals surface area contributed by atoms with Gasteiger partial charge >= 0.3 is 0 Å². The second-order valence-electron chi connectivity index (χ2n) is 5.05. The zero-order valence-electron chi connectivity index (χ0n) is 10.6. The maximum atomic E-state index is 12.4. The van der Waals surface area contributed by atoms with Crippen molar-refractivity contribution in [2.75, 3.05) is 0 Å². The minimum Gasteiger partial charge on any atom is -0.208 e. The van der Waals surface area contributed by atoms with Crippen molar-refractivity contribution in [1.82, 2.24) is 4.72 Å². The third-order valence-corrected chi connectivity index (χ3v) is 5.73. The van der Waals surface area contributed by atoms with Crippen LogP contribution in [0, 0.1) is 12.8 Å². The van der Waals surface area contributed by atoms with Crippen LogP contribution in [0.5, 0.6) is 0 Å². The van der Waals surface area contributed by atoms with Gasteiger partial charge in [-0.15, -0.1) is 0 Å². The zero-order chi connectivity index (χ0) is 13.3. The van der Waals surface area contributed by atoms with Crippen LogP contribution in [0.3, 0.4) is 0 Å². The van der Waals surface area contributed by atoms with Gasteiger partial charge in [0.15, 0.2) is 0 Å². The van der Waals surface area contributed by atoms with Gasteiger partial charge in [0.1, 0.15) is 0 Å². The van der Waals surface area contributed by atoms with Gasteiger partial charge in [-0.25, -0.2) is 13.1 Å². The number of nitrogens with one attached hydrogen (secondary N) is 1. The first-order valence-electron chi connectivity index (χ1n) is 6.18. The van der Waals surface area contributed by atoms with E-state index in [-0.39, 0.29) is 6.04 Å². The summed E-state index contributed by atoms with van der Waals surface area (Å²) in [5, 5.41) is 0. The van der Waals surface area contributed by atoms with Crippen molar-refractivity contribution in [3.8, 4) is 0 Å². The van der Waals surface area contributed by atoms with E-state index in [4.69, 9.17) is 0 Å². The molecular formula is C13H18BrNO2S. The molecule has 2 rings (SSSR count). The molecule has 0 radical (unpaired) electrons. The van der Waals surface area contributed by atoms with E-state index in [9.17, 15) is 8.42 Å². The number of aryl methyl sites for hydroxylation is 1. The Morgan fingerprint density at radius 2 is 2.06 bits per heavy atom. The molecule has 1 aromatic rings. The number of hydrogen-bond acceptors (Lipinski definition) is 2. The van der Waals surface area contributed by atoms with Gasteiger partial charge in [0, 0.05) is 10.5 Å². The van der Waals surface area contributed by atoms with Crippen LogP contribution in [0.4, 0.5) is 0 Å². The summed E-state index contributed by atoms with van der Waals surface area (Å²) in [6.45, 7) is 3.92. The van der Waals surface area contributed by atoms with E-state index in [2.05, 4.69) is 27.6 Å². The predicted molar refractivity (Wildman–Crippen MR) is 76.0 cm³/mol. The first-order chi connectivity index (χ1) is 8.40. The monoisotopic (exact) mass is 331 g/mol. The highest BCUT2D eigenvalue weighted by molar-refractivity contribution is 9.10. The van der Waals surface area contributed by atoms with Gasteiger partial charge in [0.2, 0.25) is 10.0 Å². The van der Waals surface area contributed by atoms with Crippen LogP contribution in [0.25, 0.3) is 0 Å². The molecule has 1 aliphatic rings. The third-order valence-electron chi connectivity index (χ3n) is 3.61. The maximum Gasteiger partial charge on any atom is 0.241 e. The van der Waals surface area contributed by atoms with Crippen LogP contribution >= 0.6 is 15.9 Å². The fourth-order valence-corrected chi connectivity index (χ4v) is 4.61. The molecule has 0 amide bonds. The minimum atomic E-state index is -3.41. The number of hydrogen-bond donors (Lipinski definition) is 1. The maximum absolute atomic E-state index is 12.4. The average Bonchev–Trinajstić information content (AvgIpc) is 2.67. The van der Waals surface area contributed by atoms with Crippen molar-refractivity contribution in [1.29, 1.82) is 0 Å². The van der Waals surface area contributed by atoms with E-state index >= 15 is 0 Å². The Balaban J connectivity index is 2.28. The van der Waals surface area contributed by atoms with E-state index in [1.54, 1.807) is 6.07 Å². The molecule has 1 saturated carbocycles. The minimum absolute atomic E-state index is 0.0772. The Labute approximate surface area is 117 Å². The molecule has 100 valence electrons. The van der Waals surface area contributed by atoms with E-state index in [1.165, 1.54) is 0 Å². The summed E-state index contributed by atoms with van der Waals surface area (Å²) >= 11 is 3.32. The fourth-order valence-electron chi connectivity index (χ4n) is 2.45. The van der Waals surface area contributed by atoms with Crippen molar-refractivity contribution in [2.45, 2.75) is 44.0 Å². The Kier molecular flexibility index (Phi) is 4.14. The zero-order valence-corrected chi connectivity index (χ0v) is 13.0. The molecule has 2 atom stereocenters. The number of sulfonamides is 1. The summed E-state index contributed by atoms with van der Waals surface area (Å²) in [7, 11) is -3.41. The quantitative estimate of drug-likeness (QED) is 0.924. The van der Waals surface area contributed by atoms with Crippen molar-refractivity contribution in [3.63, 3.8) is 0 Å². The Hall–Kier alpha value is -0.390. The Morgan fingerprint density at radius 1 is 1.33 bits per heavy atom. The van der Waals surface area contributed by atoms with E-state index in [0.29, 0.717) is 10.8 Å². The number of benzene rings is 1.